The molecule has 1 aliphatic heterocycles. The Bertz CT molecular complexity index is 2310. The molecule has 1 saturated heterocycles. The molecule has 254 valence electrons. The van der Waals surface area contributed by atoms with Crippen molar-refractivity contribution in [1.82, 2.24) is 14.9 Å². The van der Waals surface area contributed by atoms with Crippen molar-refractivity contribution in [2.45, 2.75) is 51.8 Å². The van der Waals surface area contributed by atoms with Crippen LogP contribution in [-0.4, -0.2) is 47.1 Å². The zero-order valence-corrected chi connectivity index (χ0v) is 28.2. The van der Waals surface area contributed by atoms with Crippen LogP contribution in [0.4, 0.5) is 8.78 Å². The standard InChI is InChI=1S/C38H31ClF2N4O5/c1-20-25(26-8-5-10-28(21(26)2)36-44-30-14-22(17-39)13-23(18-42)34(30)50-36)7-4-9-27(20)35-43-29-15-24(32(49-38(40)41)16-33(29)48-35)19-45-12-6-11-31(45)37(46)47-3/h4-5,7-10,13-16,31,38H,6,11-12,17,19H2,1-3H3/t31-/m0/s1. The van der Waals surface area contributed by atoms with Crippen LogP contribution in [0.25, 0.3) is 56.2 Å². The molecule has 2 aromatic heterocycles. The number of nitriles is 1. The normalized spacial score (nSPS) is 14.9. The Morgan fingerprint density at radius 2 is 1.66 bits per heavy atom. The summed E-state index contributed by atoms with van der Waals surface area (Å²) in [7, 11) is 1.34. The molecule has 0 aliphatic carbocycles. The molecule has 1 fully saturated rings. The van der Waals surface area contributed by atoms with E-state index in [9.17, 15) is 18.8 Å². The minimum absolute atomic E-state index is 0.0383. The number of halogens is 3. The molecule has 0 spiro atoms. The first-order valence-electron chi connectivity index (χ1n) is 16.0. The number of rotatable bonds is 9. The molecule has 0 saturated carbocycles. The van der Waals surface area contributed by atoms with Crippen LogP contribution < -0.4 is 4.74 Å². The zero-order chi connectivity index (χ0) is 35.1. The maximum atomic E-state index is 13.5. The molecule has 6 aromatic rings. The second kappa shape index (κ2) is 13.5. The molecule has 7 rings (SSSR count). The quantitative estimate of drug-likeness (QED) is 0.108. The van der Waals surface area contributed by atoms with Crippen LogP contribution >= 0.6 is 11.6 Å². The highest BCUT2D eigenvalue weighted by Crippen LogP contribution is 2.39. The van der Waals surface area contributed by atoms with Crippen molar-refractivity contribution in [1.29, 1.82) is 5.26 Å². The van der Waals surface area contributed by atoms with Crippen LogP contribution in [0, 0.1) is 25.2 Å². The number of ether oxygens (including phenoxy) is 2. The Hall–Kier alpha value is -5.31. The summed E-state index contributed by atoms with van der Waals surface area (Å²) < 4.78 is 49.2. The van der Waals surface area contributed by atoms with E-state index in [0.29, 0.717) is 58.1 Å². The maximum Gasteiger partial charge on any atom is 0.387 e. The highest BCUT2D eigenvalue weighted by atomic mass is 35.5. The van der Waals surface area contributed by atoms with E-state index in [1.54, 1.807) is 12.1 Å². The number of carbonyl (C=O) groups excluding carboxylic acids is 1. The van der Waals surface area contributed by atoms with E-state index in [-0.39, 0.29) is 24.1 Å². The number of fused-ring (bicyclic) bond motifs is 2. The first kappa shape index (κ1) is 33.2. The van der Waals surface area contributed by atoms with Crippen LogP contribution in [0.2, 0.25) is 0 Å². The summed E-state index contributed by atoms with van der Waals surface area (Å²) in [6, 6.07) is 20.0. The van der Waals surface area contributed by atoms with Crippen molar-refractivity contribution in [2.75, 3.05) is 13.7 Å². The zero-order valence-electron chi connectivity index (χ0n) is 27.4. The lowest BCUT2D eigenvalue weighted by molar-refractivity contribution is -0.146. The molecule has 50 heavy (non-hydrogen) atoms. The van der Waals surface area contributed by atoms with Crippen LogP contribution in [0.1, 0.15) is 40.7 Å². The first-order chi connectivity index (χ1) is 24.2. The number of likely N-dealkylation sites (tertiary alicyclic amines) is 1. The Labute approximate surface area is 291 Å². The van der Waals surface area contributed by atoms with E-state index in [1.165, 1.54) is 13.2 Å². The monoisotopic (exact) mass is 696 g/mol. The number of aromatic nitrogens is 2. The molecule has 1 atom stereocenters. The number of esters is 1. The average molecular weight is 697 g/mol. The lowest BCUT2D eigenvalue weighted by Gasteiger charge is -2.23. The summed E-state index contributed by atoms with van der Waals surface area (Å²) in [6.45, 7) is 1.72. The molecule has 0 N–H and O–H groups in total. The Balaban J connectivity index is 1.26. The van der Waals surface area contributed by atoms with Crippen molar-refractivity contribution in [2.24, 2.45) is 0 Å². The second-order valence-electron chi connectivity index (χ2n) is 12.2. The Kier molecular flexibility index (Phi) is 8.99. The van der Waals surface area contributed by atoms with E-state index in [1.807, 2.05) is 61.2 Å². The molecule has 0 bridgehead atoms. The second-order valence-corrected chi connectivity index (χ2v) is 12.5. The topological polar surface area (TPSA) is 115 Å². The number of carbonyl (C=O) groups is 1. The number of oxazole rings is 2. The number of hydrogen-bond donors (Lipinski definition) is 0. The Morgan fingerprint density at radius 1 is 1.00 bits per heavy atom. The van der Waals surface area contributed by atoms with Crippen molar-refractivity contribution >= 4 is 39.8 Å². The number of alkyl halides is 3. The summed E-state index contributed by atoms with van der Waals surface area (Å²) >= 11 is 6.04. The fourth-order valence-corrected chi connectivity index (χ4v) is 6.92. The van der Waals surface area contributed by atoms with E-state index in [0.717, 1.165) is 45.4 Å². The number of nitrogens with zero attached hydrogens (tertiary/aromatic N) is 4. The van der Waals surface area contributed by atoms with Gasteiger partial charge in [0.05, 0.1) is 12.7 Å². The van der Waals surface area contributed by atoms with Gasteiger partial charge in [0.1, 0.15) is 28.9 Å². The molecule has 9 nitrogen and oxygen atoms in total. The fraction of sp³-hybridized carbons (Fsp3) is 0.263. The van der Waals surface area contributed by atoms with Gasteiger partial charge >= 0.3 is 12.6 Å². The molecular formula is C38H31ClF2N4O5. The molecule has 0 radical (unpaired) electrons. The predicted octanol–water partition coefficient (Wildman–Crippen LogP) is 8.94. The lowest BCUT2D eigenvalue weighted by Crippen LogP contribution is -2.36. The van der Waals surface area contributed by atoms with Gasteiger partial charge in [-0.25, -0.2) is 9.97 Å². The highest BCUT2D eigenvalue weighted by Gasteiger charge is 2.32. The number of methoxy groups -OCH3 is 1. The third kappa shape index (κ3) is 6.06. The largest absolute Gasteiger partial charge is 0.468 e. The van der Waals surface area contributed by atoms with Gasteiger partial charge in [-0.2, -0.15) is 14.0 Å². The average Bonchev–Trinajstić information content (AvgIpc) is 3.86. The first-order valence-corrected chi connectivity index (χ1v) is 16.5. The Morgan fingerprint density at radius 3 is 2.30 bits per heavy atom. The summed E-state index contributed by atoms with van der Waals surface area (Å²) in [6.07, 6.45) is 1.41. The van der Waals surface area contributed by atoms with Crippen LogP contribution in [0.5, 0.6) is 5.75 Å². The number of hydrogen-bond acceptors (Lipinski definition) is 9. The molecule has 3 heterocycles. The van der Waals surface area contributed by atoms with Crippen molar-refractivity contribution in [3.05, 3.63) is 88.5 Å². The molecule has 0 unspecified atom stereocenters. The number of benzene rings is 4. The smallest absolute Gasteiger partial charge is 0.387 e. The molecule has 0 amide bonds. The minimum atomic E-state index is -3.05. The van der Waals surface area contributed by atoms with Gasteiger partial charge in [0.15, 0.2) is 11.2 Å². The van der Waals surface area contributed by atoms with Gasteiger partial charge in [-0.15, -0.1) is 11.6 Å². The summed E-state index contributed by atoms with van der Waals surface area (Å²) in [5.41, 5.74) is 8.49. The van der Waals surface area contributed by atoms with Gasteiger partial charge in [0, 0.05) is 35.2 Å². The third-order valence-corrected chi connectivity index (χ3v) is 9.55. The van der Waals surface area contributed by atoms with Gasteiger partial charge in [0.25, 0.3) is 0 Å². The van der Waals surface area contributed by atoms with Crippen molar-refractivity contribution in [3.63, 3.8) is 0 Å². The van der Waals surface area contributed by atoms with Crippen LogP contribution in [0.3, 0.4) is 0 Å². The van der Waals surface area contributed by atoms with Gasteiger partial charge in [-0.3, -0.25) is 9.69 Å². The lowest BCUT2D eigenvalue weighted by atomic mass is 9.91. The SMILES string of the molecule is COC(=O)[C@@H]1CCCN1Cc1cc2nc(-c3cccc(-c4cccc(-c5nc6cc(CCl)cc(C#N)c6o5)c4C)c3C)oc2cc1OC(F)F. The maximum absolute atomic E-state index is 13.5. The van der Waals surface area contributed by atoms with E-state index >= 15 is 0 Å². The van der Waals surface area contributed by atoms with Crippen molar-refractivity contribution < 1.29 is 31.9 Å². The van der Waals surface area contributed by atoms with E-state index in [4.69, 9.17) is 39.9 Å². The van der Waals surface area contributed by atoms with Crippen LogP contribution in [0.15, 0.2) is 69.5 Å². The molecular weight excluding hydrogens is 666 g/mol. The summed E-state index contributed by atoms with van der Waals surface area (Å²) in [5.74, 6) is 0.560. The predicted molar refractivity (Wildman–Crippen MR) is 184 cm³/mol. The summed E-state index contributed by atoms with van der Waals surface area (Å²) in [4.78, 5) is 23.7. The molecule has 12 heteroatoms. The van der Waals surface area contributed by atoms with Crippen molar-refractivity contribution in [3.8, 4) is 45.9 Å². The van der Waals surface area contributed by atoms with Crippen LogP contribution in [-0.2, 0) is 22.0 Å². The molecule has 4 aromatic carbocycles. The van der Waals surface area contributed by atoms with E-state index in [2.05, 4.69) is 6.07 Å². The fourth-order valence-electron chi connectivity index (χ4n) is 6.76. The van der Waals surface area contributed by atoms with E-state index < -0.39 is 12.7 Å². The third-order valence-electron chi connectivity index (χ3n) is 9.24. The van der Waals surface area contributed by atoms with Gasteiger partial charge in [-0.1, -0.05) is 24.3 Å². The summed E-state index contributed by atoms with van der Waals surface area (Å²) in [5, 5.41) is 9.69. The van der Waals surface area contributed by atoms with Gasteiger partial charge < -0.3 is 18.3 Å². The van der Waals surface area contributed by atoms with Gasteiger partial charge in [0.2, 0.25) is 11.8 Å². The molecule has 1 aliphatic rings. The highest BCUT2D eigenvalue weighted by molar-refractivity contribution is 6.17. The van der Waals surface area contributed by atoms with Gasteiger partial charge in [-0.05, 0) is 91.4 Å². The minimum Gasteiger partial charge on any atom is -0.468 e.